The molecule has 0 saturated heterocycles. The van der Waals surface area contributed by atoms with Crippen LogP contribution < -0.4 is 5.32 Å². The van der Waals surface area contributed by atoms with E-state index in [4.69, 9.17) is 0 Å². The van der Waals surface area contributed by atoms with Gasteiger partial charge < -0.3 is 5.32 Å². The molecule has 0 unspecified atom stereocenters. The molecule has 0 spiro atoms. The molecule has 1 amide bonds. The molecule has 2 aromatic rings. The number of nitrogens with zero attached hydrogens (tertiary/aromatic N) is 1. The molecule has 1 aromatic heterocycles. The lowest BCUT2D eigenvalue weighted by Gasteiger charge is -2.06. The summed E-state index contributed by atoms with van der Waals surface area (Å²) in [5.74, 6) is -0.921. The number of benzene rings is 1. The molecule has 0 aliphatic rings. The number of nitrogens with one attached hydrogen (secondary N) is 1. The Morgan fingerprint density at radius 1 is 1.33 bits per heavy atom. The van der Waals surface area contributed by atoms with Crippen LogP contribution in [-0.2, 0) is 0 Å². The van der Waals surface area contributed by atoms with Crippen molar-refractivity contribution >= 4 is 27.5 Å². The van der Waals surface area contributed by atoms with Crippen molar-refractivity contribution in [2.24, 2.45) is 0 Å². The monoisotopic (exact) mass is 308 g/mol. The minimum atomic E-state index is -0.606. The molecular weight excluding hydrogens is 299 g/mol. The fourth-order valence-corrected chi connectivity index (χ4v) is 1.68. The first-order valence-corrected chi connectivity index (χ1v) is 6.04. The van der Waals surface area contributed by atoms with Crippen LogP contribution in [0.15, 0.2) is 41.0 Å². The van der Waals surface area contributed by atoms with Gasteiger partial charge >= 0.3 is 0 Å². The van der Waals surface area contributed by atoms with Crippen molar-refractivity contribution in [1.29, 1.82) is 0 Å². The quantitative estimate of drug-likeness (QED) is 0.862. The van der Waals surface area contributed by atoms with Crippen LogP contribution in [0.25, 0.3) is 0 Å². The lowest BCUT2D eigenvalue weighted by atomic mass is 10.2. The van der Waals surface area contributed by atoms with E-state index in [1.807, 2.05) is 19.1 Å². The molecule has 0 bridgehead atoms. The Kier molecular flexibility index (Phi) is 3.72. The first-order chi connectivity index (χ1) is 8.56. The lowest BCUT2D eigenvalue weighted by molar-refractivity contribution is 0.102. The van der Waals surface area contributed by atoms with Crippen molar-refractivity contribution in [2.75, 3.05) is 5.32 Å². The predicted molar refractivity (Wildman–Crippen MR) is 71.0 cm³/mol. The van der Waals surface area contributed by atoms with Gasteiger partial charge in [-0.2, -0.15) is 4.39 Å². The Hall–Kier alpha value is -1.75. The van der Waals surface area contributed by atoms with Gasteiger partial charge in [0.1, 0.15) is 0 Å². The maximum Gasteiger partial charge on any atom is 0.257 e. The van der Waals surface area contributed by atoms with Crippen molar-refractivity contribution in [1.82, 2.24) is 4.98 Å². The molecule has 0 atom stereocenters. The number of aryl methyl sites for hydroxylation is 1. The van der Waals surface area contributed by atoms with Crippen LogP contribution in [0.3, 0.4) is 0 Å². The molecule has 2 rings (SSSR count). The van der Waals surface area contributed by atoms with Crippen LogP contribution >= 0.6 is 15.9 Å². The zero-order valence-corrected chi connectivity index (χ0v) is 11.2. The van der Waals surface area contributed by atoms with Crippen molar-refractivity contribution in [3.63, 3.8) is 0 Å². The fourth-order valence-electron chi connectivity index (χ4n) is 1.44. The van der Waals surface area contributed by atoms with E-state index < -0.39 is 5.95 Å². The number of hydrogen-bond acceptors (Lipinski definition) is 2. The van der Waals surface area contributed by atoms with E-state index in [0.717, 1.165) is 16.1 Å². The normalized spacial score (nSPS) is 10.2. The third-order valence-electron chi connectivity index (χ3n) is 2.41. The number of carbonyl (C=O) groups is 1. The van der Waals surface area contributed by atoms with Crippen LogP contribution in [0, 0.1) is 12.9 Å². The minimum absolute atomic E-state index is 0.316. The van der Waals surface area contributed by atoms with Gasteiger partial charge in [-0.1, -0.05) is 15.9 Å². The van der Waals surface area contributed by atoms with E-state index in [-0.39, 0.29) is 5.91 Å². The smallest absolute Gasteiger partial charge is 0.257 e. The number of halogens is 2. The third-order valence-corrected chi connectivity index (χ3v) is 3.30. The summed E-state index contributed by atoms with van der Waals surface area (Å²) in [5, 5.41) is 2.72. The highest BCUT2D eigenvalue weighted by Crippen LogP contribution is 2.20. The first kappa shape index (κ1) is 12.7. The zero-order chi connectivity index (χ0) is 13.1. The van der Waals surface area contributed by atoms with Gasteiger partial charge in [-0.3, -0.25) is 4.79 Å². The third kappa shape index (κ3) is 2.92. The molecule has 0 radical (unpaired) electrons. The van der Waals surface area contributed by atoms with Gasteiger partial charge in [0.2, 0.25) is 5.95 Å². The van der Waals surface area contributed by atoms with E-state index in [1.54, 1.807) is 6.07 Å². The molecule has 92 valence electrons. The highest BCUT2D eigenvalue weighted by atomic mass is 79.9. The SMILES string of the molecule is Cc1cc(NC(=O)c2ccc(F)nc2)ccc1Br. The van der Waals surface area contributed by atoms with Crippen molar-refractivity contribution < 1.29 is 9.18 Å². The van der Waals surface area contributed by atoms with Crippen LogP contribution in [0.2, 0.25) is 0 Å². The standard InChI is InChI=1S/C13H10BrFN2O/c1-8-6-10(3-4-11(8)14)17-13(18)9-2-5-12(15)16-7-9/h2-7H,1H3,(H,17,18). The highest BCUT2D eigenvalue weighted by molar-refractivity contribution is 9.10. The largest absolute Gasteiger partial charge is 0.322 e. The molecule has 0 aliphatic carbocycles. The molecule has 1 aromatic carbocycles. The van der Waals surface area contributed by atoms with Crippen LogP contribution in [0.5, 0.6) is 0 Å². The topological polar surface area (TPSA) is 42.0 Å². The summed E-state index contributed by atoms with van der Waals surface area (Å²) < 4.78 is 13.6. The first-order valence-electron chi connectivity index (χ1n) is 5.25. The average molecular weight is 309 g/mol. The Bertz CT molecular complexity index is 584. The zero-order valence-electron chi connectivity index (χ0n) is 9.58. The molecule has 1 heterocycles. The minimum Gasteiger partial charge on any atom is -0.322 e. The number of amides is 1. The summed E-state index contributed by atoms with van der Waals surface area (Å²) in [6, 6.07) is 8.03. The Morgan fingerprint density at radius 2 is 2.11 bits per heavy atom. The molecule has 18 heavy (non-hydrogen) atoms. The predicted octanol–water partition coefficient (Wildman–Crippen LogP) is 3.54. The van der Waals surface area contributed by atoms with Gasteiger partial charge in [0.25, 0.3) is 5.91 Å². The van der Waals surface area contributed by atoms with E-state index >= 15 is 0 Å². The summed E-state index contributed by atoms with van der Waals surface area (Å²) >= 11 is 3.38. The summed E-state index contributed by atoms with van der Waals surface area (Å²) in [7, 11) is 0. The van der Waals surface area contributed by atoms with E-state index in [0.29, 0.717) is 11.3 Å². The second-order valence-corrected chi connectivity index (χ2v) is 4.64. The number of aromatic nitrogens is 1. The highest BCUT2D eigenvalue weighted by Gasteiger charge is 2.07. The van der Waals surface area contributed by atoms with E-state index in [1.165, 1.54) is 12.3 Å². The van der Waals surface area contributed by atoms with E-state index in [2.05, 4.69) is 26.2 Å². The molecule has 3 nitrogen and oxygen atoms in total. The molecular formula is C13H10BrFN2O. The van der Waals surface area contributed by atoms with Crippen LogP contribution in [0.4, 0.5) is 10.1 Å². The second-order valence-electron chi connectivity index (χ2n) is 3.79. The van der Waals surface area contributed by atoms with Crippen molar-refractivity contribution in [3.05, 3.63) is 58.1 Å². The molecule has 0 fully saturated rings. The van der Waals surface area contributed by atoms with Gasteiger partial charge in [-0.15, -0.1) is 0 Å². The molecule has 0 saturated carbocycles. The summed E-state index contributed by atoms with van der Waals surface area (Å²) in [5.41, 5.74) is 2.02. The molecule has 0 aliphatic heterocycles. The number of anilines is 1. The van der Waals surface area contributed by atoms with Crippen LogP contribution in [0.1, 0.15) is 15.9 Å². The lowest BCUT2D eigenvalue weighted by Crippen LogP contribution is -2.12. The summed E-state index contributed by atoms with van der Waals surface area (Å²) in [4.78, 5) is 15.3. The Balaban J connectivity index is 2.16. The number of carbonyl (C=O) groups excluding carboxylic acids is 1. The van der Waals surface area contributed by atoms with Gasteiger partial charge in [-0.25, -0.2) is 4.98 Å². The molecule has 1 N–H and O–H groups in total. The molecule has 5 heteroatoms. The Labute approximate surface area is 112 Å². The maximum absolute atomic E-state index is 12.6. The summed E-state index contributed by atoms with van der Waals surface area (Å²) in [6.07, 6.45) is 1.20. The average Bonchev–Trinajstić information content (AvgIpc) is 2.34. The van der Waals surface area contributed by atoms with Gasteiger partial charge in [0.05, 0.1) is 5.56 Å². The fraction of sp³-hybridized carbons (Fsp3) is 0.0769. The number of rotatable bonds is 2. The second kappa shape index (κ2) is 5.27. The summed E-state index contributed by atoms with van der Waals surface area (Å²) in [6.45, 7) is 1.93. The van der Waals surface area contributed by atoms with Gasteiger partial charge in [0.15, 0.2) is 0 Å². The number of pyridine rings is 1. The van der Waals surface area contributed by atoms with Crippen LogP contribution in [-0.4, -0.2) is 10.9 Å². The van der Waals surface area contributed by atoms with Gasteiger partial charge in [-0.05, 0) is 42.8 Å². The maximum atomic E-state index is 12.6. The van der Waals surface area contributed by atoms with Gasteiger partial charge in [0, 0.05) is 16.4 Å². The van der Waals surface area contributed by atoms with Crippen molar-refractivity contribution in [3.8, 4) is 0 Å². The van der Waals surface area contributed by atoms with E-state index in [9.17, 15) is 9.18 Å². The number of hydrogen-bond donors (Lipinski definition) is 1. The Morgan fingerprint density at radius 3 is 2.72 bits per heavy atom. The van der Waals surface area contributed by atoms with Crippen molar-refractivity contribution in [2.45, 2.75) is 6.92 Å².